The van der Waals surface area contributed by atoms with Crippen molar-refractivity contribution in [1.29, 1.82) is 0 Å². The fourth-order valence-electron chi connectivity index (χ4n) is 1.49. The lowest BCUT2D eigenvalue weighted by atomic mass is 10.1. The van der Waals surface area contributed by atoms with Gasteiger partial charge in [-0.05, 0) is 31.2 Å². The van der Waals surface area contributed by atoms with Crippen LogP contribution in [0.4, 0.5) is 13.2 Å². The molecule has 1 aromatic carbocycles. The Morgan fingerprint density at radius 3 is 2.50 bits per heavy atom. The molecule has 0 fully saturated rings. The minimum Gasteiger partial charge on any atom is -0.507 e. The summed E-state index contributed by atoms with van der Waals surface area (Å²) < 4.78 is 37.9. The molecular formula is C12H9F3N2O. The van der Waals surface area contributed by atoms with Gasteiger partial charge in [-0.2, -0.15) is 13.2 Å². The van der Waals surface area contributed by atoms with E-state index in [0.29, 0.717) is 5.69 Å². The first-order valence-electron chi connectivity index (χ1n) is 5.08. The molecule has 1 N–H and O–H groups in total. The van der Waals surface area contributed by atoms with Gasteiger partial charge < -0.3 is 5.11 Å². The molecule has 0 spiro atoms. The van der Waals surface area contributed by atoms with E-state index in [0.717, 1.165) is 12.1 Å². The van der Waals surface area contributed by atoms with Crippen LogP contribution in [0.1, 0.15) is 11.3 Å². The van der Waals surface area contributed by atoms with Gasteiger partial charge in [-0.15, -0.1) is 0 Å². The summed E-state index contributed by atoms with van der Waals surface area (Å²) in [5.41, 5.74) is -0.226. The van der Waals surface area contributed by atoms with Gasteiger partial charge in [-0.3, -0.25) is 0 Å². The molecule has 0 aliphatic carbocycles. The number of aromatic nitrogens is 2. The van der Waals surface area contributed by atoms with E-state index in [9.17, 15) is 18.3 Å². The minimum atomic E-state index is -4.61. The Labute approximate surface area is 101 Å². The lowest BCUT2D eigenvalue weighted by molar-refractivity contribution is -0.138. The van der Waals surface area contributed by atoms with Crippen molar-refractivity contribution >= 4 is 0 Å². The Morgan fingerprint density at radius 2 is 1.89 bits per heavy atom. The van der Waals surface area contributed by atoms with Gasteiger partial charge in [0.25, 0.3) is 0 Å². The zero-order valence-electron chi connectivity index (χ0n) is 9.36. The number of rotatable bonds is 1. The summed E-state index contributed by atoms with van der Waals surface area (Å²) in [6.07, 6.45) is -3.14. The summed E-state index contributed by atoms with van der Waals surface area (Å²) in [7, 11) is 0. The molecule has 0 amide bonds. The van der Waals surface area contributed by atoms with Crippen LogP contribution in [-0.2, 0) is 6.18 Å². The predicted molar refractivity (Wildman–Crippen MR) is 58.9 cm³/mol. The highest BCUT2D eigenvalue weighted by Crippen LogP contribution is 2.37. The summed E-state index contributed by atoms with van der Waals surface area (Å²) in [5, 5.41) is 9.21. The highest BCUT2D eigenvalue weighted by molar-refractivity contribution is 5.59. The van der Waals surface area contributed by atoms with Crippen LogP contribution in [0.2, 0.25) is 0 Å². The van der Waals surface area contributed by atoms with Crippen molar-refractivity contribution in [2.75, 3.05) is 0 Å². The average Bonchev–Trinajstić information content (AvgIpc) is 2.28. The van der Waals surface area contributed by atoms with Crippen molar-refractivity contribution in [2.24, 2.45) is 0 Å². The SMILES string of the molecule is Cc1ccnc(-c2ccc(O)c(C(F)(F)F)c2)n1. The Balaban J connectivity index is 2.54. The standard InChI is InChI=1S/C12H9F3N2O/c1-7-4-5-16-11(17-7)8-2-3-10(18)9(6-8)12(13,14)15/h2-6,18H,1H3. The lowest BCUT2D eigenvalue weighted by Crippen LogP contribution is -2.05. The fourth-order valence-corrected chi connectivity index (χ4v) is 1.49. The molecule has 0 unspecified atom stereocenters. The van der Waals surface area contributed by atoms with E-state index in [-0.39, 0.29) is 11.4 Å². The number of hydrogen-bond donors (Lipinski definition) is 1. The summed E-state index contributed by atoms with van der Waals surface area (Å²) in [4.78, 5) is 7.94. The molecule has 94 valence electrons. The molecule has 0 aliphatic heterocycles. The van der Waals surface area contributed by atoms with Crippen LogP contribution in [0, 0.1) is 6.92 Å². The van der Waals surface area contributed by atoms with E-state index < -0.39 is 17.5 Å². The second-order valence-electron chi connectivity index (χ2n) is 3.75. The van der Waals surface area contributed by atoms with Gasteiger partial charge >= 0.3 is 6.18 Å². The van der Waals surface area contributed by atoms with Crippen LogP contribution in [0.3, 0.4) is 0 Å². The number of halogens is 3. The summed E-state index contributed by atoms with van der Waals surface area (Å²) in [6.45, 7) is 1.72. The number of nitrogens with zero attached hydrogens (tertiary/aromatic N) is 2. The summed E-state index contributed by atoms with van der Waals surface area (Å²) >= 11 is 0. The predicted octanol–water partition coefficient (Wildman–Crippen LogP) is 3.18. The summed E-state index contributed by atoms with van der Waals surface area (Å²) in [5.74, 6) is -0.612. The topological polar surface area (TPSA) is 46.0 Å². The fraction of sp³-hybridized carbons (Fsp3) is 0.167. The molecule has 0 radical (unpaired) electrons. The van der Waals surface area contributed by atoms with E-state index in [2.05, 4.69) is 9.97 Å². The number of hydrogen-bond acceptors (Lipinski definition) is 3. The molecule has 0 saturated heterocycles. The Hall–Kier alpha value is -2.11. The summed E-state index contributed by atoms with van der Waals surface area (Å²) in [6, 6.07) is 4.82. The molecule has 1 heterocycles. The van der Waals surface area contributed by atoms with Crippen LogP contribution < -0.4 is 0 Å². The molecular weight excluding hydrogens is 245 g/mol. The average molecular weight is 254 g/mol. The molecule has 0 bridgehead atoms. The largest absolute Gasteiger partial charge is 0.507 e. The van der Waals surface area contributed by atoms with Crippen LogP contribution in [-0.4, -0.2) is 15.1 Å². The Kier molecular flexibility index (Phi) is 2.94. The maximum absolute atomic E-state index is 12.6. The molecule has 2 aromatic rings. The zero-order chi connectivity index (χ0) is 13.3. The van der Waals surface area contributed by atoms with E-state index in [4.69, 9.17) is 0 Å². The smallest absolute Gasteiger partial charge is 0.419 e. The number of benzene rings is 1. The normalized spacial score (nSPS) is 11.6. The van der Waals surface area contributed by atoms with Crippen molar-refractivity contribution in [3.63, 3.8) is 0 Å². The second-order valence-corrected chi connectivity index (χ2v) is 3.75. The first-order chi connectivity index (χ1) is 8.38. The molecule has 3 nitrogen and oxygen atoms in total. The van der Waals surface area contributed by atoms with Crippen LogP contribution in [0.5, 0.6) is 5.75 Å². The van der Waals surface area contributed by atoms with Gasteiger partial charge in [0.2, 0.25) is 0 Å². The van der Waals surface area contributed by atoms with Gasteiger partial charge in [0.1, 0.15) is 5.75 Å². The number of phenols is 1. The van der Waals surface area contributed by atoms with Crippen molar-refractivity contribution in [3.05, 3.63) is 41.7 Å². The third kappa shape index (κ3) is 2.42. The molecule has 1 aromatic heterocycles. The molecule has 2 rings (SSSR count). The Bertz CT molecular complexity index is 582. The highest BCUT2D eigenvalue weighted by atomic mass is 19.4. The minimum absolute atomic E-state index is 0.195. The van der Waals surface area contributed by atoms with Crippen molar-refractivity contribution < 1.29 is 18.3 Å². The Morgan fingerprint density at radius 1 is 1.17 bits per heavy atom. The van der Waals surface area contributed by atoms with Gasteiger partial charge in [-0.25, -0.2) is 9.97 Å². The van der Waals surface area contributed by atoms with E-state index in [1.807, 2.05) is 0 Å². The lowest BCUT2D eigenvalue weighted by Gasteiger charge is -2.10. The second kappa shape index (κ2) is 4.29. The molecule has 0 aliphatic rings. The maximum Gasteiger partial charge on any atom is 0.419 e. The van der Waals surface area contributed by atoms with Crippen molar-refractivity contribution in [2.45, 2.75) is 13.1 Å². The third-order valence-corrected chi connectivity index (χ3v) is 2.35. The van der Waals surface area contributed by atoms with Crippen LogP contribution in [0.15, 0.2) is 30.5 Å². The molecule has 0 saturated carbocycles. The van der Waals surface area contributed by atoms with Crippen LogP contribution in [0.25, 0.3) is 11.4 Å². The highest BCUT2D eigenvalue weighted by Gasteiger charge is 2.34. The quantitative estimate of drug-likeness (QED) is 0.850. The van der Waals surface area contributed by atoms with E-state index in [1.54, 1.807) is 13.0 Å². The number of aryl methyl sites for hydroxylation is 1. The first kappa shape index (κ1) is 12.3. The van der Waals surface area contributed by atoms with E-state index >= 15 is 0 Å². The molecule has 0 atom stereocenters. The van der Waals surface area contributed by atoms with E-state index in [1.165, 1.54) is 12.3 Å². The van der Waals surface area contributed by atoms with Crippen molar-refractivity contribution in [3.8, 4) is 17.1 Å². The molecule has 6 heteroatoms. The van der Waals surface area contributed by atoms with Crippen LogP contribution >= 0.6 is 0 Å². The third-order valence-electron chi connectivity index (χ3n) is 2.35. The van der Waals surface area contributed by atoms with Gasteiger partial charge in [0.15, 0.2) is 5.82 Å². The zero-order valence-corrected chi connectivity index (χ0v) is 9.36. The first-order valence-corrected chi connectivity index (χ1v) is 5.08. The monoisotopic (exact) mass is 254 g/mol. The number of phenolic OH excluding ortho intramolecular Hbond substituents is 1. The van der Waals surface area contributed by atoms with Gasteiger partial charge in [-0.1, -0.05) is 0 Å². The van der Waals surface area contributed by atoms with Gasteiger partial charge in [0, 0.05) is 17.5 Å². The maximum atomic E-state index is 12.6. The molecule has 18 heavy (non-hydrogen) atoms. The van der Waals surface area contributed by atoms with Crippen molar-refractivity contribution in [1.82, 2.24) is 9.97 Å². The van der Waals surface area contributed by atoms with Gasteiger partial charge in [0.05, 0.1) is 5.56 Å². The number of aromatic hydroxyl groups is 1. The number of alkyl halides is 3.